The first-order chi connectivity index (χ1) is 7.24. The summed E-state index contributed by atoms with van der Waals surface area (Å²) in [6.07, 6.45) is 7.99. The number of nitrogens with zero attached hydrogens (tertiary/aromatic N) is 2. The largest absolute Gasteiger partial charge is 0.314 e. The minimum atomic E-state index is 0.669. The van der Waals surface area contributed by atoms with Crippen molar-refractivity contribution >= 4 is 0 Å². The molecule has 0 spiro atoms. The predicted octanol–water partition coefficient (Wildman–Crippen LogP) is 1.83. The summed E-state index contributed by atoms with van der Waals surface area (Å²) < 4.78 is 2.06. The van der Waals surface area contributed by atoms with Crippen LogP contribution in [0.1, 0.15) is 32.3 Å². The van der Waals surface area contributed by atoms with Crippen LogP contribution in [0.3, 0.4) is 0 Å². The normalized spacial score (nSPS) is 21.4. The zero-order chi connectivity index (χ0) is 10.7. The van der Waals surface area contributed by atoms with E-state index >= 15 is 0 Å². The van der Waals surface area contributed by atoms with Crippen LogP contribution >= 0.6 is 0 Å². The summed E-state index contributed by atoms with van der Waals surface area (Å²) in [5, 5.41) is 7.91. The molecule has 15 heavy (non-hydrogen) atoms. The number of hydrogen-bond acceptors (Lipinski definition) is 2. The van der Waals surface area contributed by atoms with Crippen LogP contribution in [0, 0.1) is 5.92 Å². The lowest BCUT2D eigenvalue weighted by molar-refractivity contribution is 0.482. The van der Waals surface area contributed by atoms with Gasteiger partial charge >= 0.3 is 0 Å². The van der Waals surface area contributed by atoms with Crippen LogP contribution in [0.5, 0.6) is 0 Å². The van der Waals surface area contributed by atoms with Gasteiger partial charge in [0, 0.05) is 18.8 Å². The van der Waals surface area contributed by atoms with Gasteiger partial charge in [0.25, 0.3) is 0 Å². The third-order valence-corrected chi connectivity index (χ3v) is 2.88. The third kappa shape index (κ3) is 3.06. The van der Waals surface area contributed by atoms with Crippen LogP contribution in [-0.4, -0.2) is 22.4 Å². The molecular formula is C12H21N3. The Morgan fingerprint density at radius 3 is 3.13 bits per heavy atom. The molecule has 3 heteroatoms. The average Bonchev–Trinajstić information content (AvgIpc) is 2.77. The molecule has 1 aromatic rings. The van der Waals surface area contributed by atoms with E-state index in [0.717, 1.165) is 13.0 Å². The molecule has 0 amide bonds. The summed E-state index contributed by atoms with van der Waals surface area (Å²) in [7, 11) is 0. The van der Waals surface area contributed by atoms with Gasteiger partial charge in [-0.3, -0.25) is 4.68 Å². The van der Waals surface area contributed by atoms with E-state index in [1.54, 1.807) is 0 Å². The van der Waals surface area contributed by atoms with Crippen molar-refractivity contribution < 1.29 is 0 Å². The Balaban J connectivity index is 1.88. The highest BCUT2D eigenvalue weighted by atomic mass is 15.3. The molecule has 1 atom stereocenters. The van der Waals surface area contributed by atoms with Gasteiger partial charge in [-0.2, -0.15) is 5.10 Å². The van der Waals surface area contributed by atoms with Gasteiger partial charge in [-0.1, -0.05) is 13.8 Å². The molecule has 0 aliphatic carbocycles. The second-order valence-corrected chi connectivity index (χ2v) is 4.96. The summed E-state index contributed by atoms with van der Waals surface area (Å²) >= 11 is 0. The van der Waals surface area contributed by atoms with Crippen molar-refractivity contribution in [2.45, 2.75) is 45.7 Å². The molecule has 1 N–H and O–H groups in total. The lowest BCUT2D eigenvalue weighted by Crippen LogP contribution is -2.23. The predicted molar refractivity (Wildman–Crippen MR) is 61.8 cm³/mol. The molecular weight excluding hydrogens is 186 g/mol. The van der Waals surface area contributed by atoms with Gasteiger partial charge in [-0.25, -0.2) is 0 Å². The average molecular weight is 207 g/mol. The highest BCUT2D eigenvalue weighted by Crippen LogP contribution is 2.11. The molecule has 1 aliphatic rings. The van der Waals surface area contributed by atoms with Crippen LogP contribution in [-0.2, 0) is 13.0 Å². The molecule has 0 bridgehead atoms. The van der Waals surface area contributed by atoms with Crippen LogP contribution in [0.15, 0.2) is 12.4 Å². The second kappa shape index (κ2) is 4.79. The number of aromatic nitrogens is 2. The highest BCUT2D eigenvalue weighted by Gasteiger charge is 2.15. The smallest absolute Gasteiger partial charge is 0.0522 e. The van der Waals surface area contributed by atoms with Crippen molar-refractivity contribution in [1.82, 2.24) is 15.1 Å². The van der Waals surface area contributed by atoms with E-state index in [9.17, 15) is 0 Å². The summed E-state index contributed by atoms with van der Waals surface area (Å²) in [5.74, 6) is 0.669. The summed E-state index contributed by atoms with van der Waals surface area (Å²) in [6, 6.07) is 0.682. The van der Waals surface area contributed by atoms with E-state index in [1.165, 1.54) is 24.9 Å². The van der Waals surface area contributed by atoms with E-state index in [0.29, 0.717) is 12.0 Å². The molecule has 2 rings (SSSR count). The van der Waals surface area contributed by atoms with Gasteiger partial charge < -0.3 is 5.32 Å². The van der Waals surface area contributed by atoms with Crippen molar-refractivity contribution in [3.05, 3.63) is 18.0 Å². The molecule has 1 aliphatic heterocycles. The topological polar surface area (TPSA) is 29.9 Å². The molecule has 1 saturated heterocycles. The molecule has 2 heterocycles. The van der Waals surface area contributed by atoms with Gasteiger partial charge in [0.2, 0.25) is 0 Å². The maximum atomic E-state index is 4.39. The molecule has 0 radical (unpaired) electrons. The Morgan fingerprint density at radius 1 is 1.60 bits per heavy atom. The van der Waals surface area contributed by atoms with E-state index in [4.69, 9.17) is 0 Å². The molecule has 3 nitrogen and oxygen atoms in total. The lowest BCUT2D eigenvalue weighted by Gasteiger charge is -2.07. The van der Waals surface area contributed by atoms with Gasteiger partial charge in [0.15, 0.2) is 0 Å². The molecule has 0 saturated carbocycles. The van der Waals surface area contributed by atoms with Crippen LogP contribution in [0.4, 0.5) is 0 Å². The van der Waals surface area contributed by atoms with E-state index in [2.05, 4.69) is 35.1 Å². The zero-order valence-corrected chi connectivity index (χ0v) is 9.74. The molecule has 1 fully saturated rings. The van der Waals surface area contributed by atoms with Crippen molar-refractivity contribution in [3.8, 4) is 0 Å². The van der Waals surface area contributed by atoms with Crippen molar-refractivity contribution in [2.75, 3.05) is 6.54 Å². The van der Waals surface area contributed by atoms with E-state index in [1.807, 2.05) is 6.20 Å². The van der Waals surface area contributed by atoms with Gasteiger partial charge in [-0.15, -0.1) is 0 Å². The SMILES string of the molecule is CC(C)Cn1cc(CC2CCCN2)cn1. The Labute approximate surface area is 91.9 Å². The lowest BCUT2D eigenvalue weighted by atomic mass is 10.1. The number of rotatable bonds is 4. The zero-order valence-electron chi connectivity index (χ0n) is 9.74. The third-order valence-electron chi connectivity index (χ3n) is 2.88. The Kier molecular flexibility index (Phi) is 3.41. The minimum Gasteiger partial charge on any atom is -0.314 e. The highest BCUT2D eigenvalue weighted by molar-refractivity contribution is 5.06. The molecule has 1 unspecified atom stereocenters. The van der Waals surface area contributed by atoms with Crippen molar-refractivity contribution in [3.63, 3.8) is 0 Å². The summed E-state index contributed by atoms with van der Waals surface area (Å²) in [4.78, 5) is 0. The second-order valence-electron chi connectivity index (χ2n) is 4.96. The first kappa shape index (κ1) is 10.7. The summed E-state index contributed by atoms with van der Waals surface area (Å²) in [6.45, 7) is 6.66. The fraction of sp³-hybridized carbons (Fsp3) is 0.750. The monoisotopic (exact) mass is 207 g/mol. The Bertz CT molecular complexity index is 298. The van der Waals surface area contributed by atoms with Crippen LogP contribution in [0.25, 0.3) is 0 Å². The van der Waals surface area contributed by atoms with Crippen LogP contribution < -0.4 is 5.32 Å². The van der Waals surface area contributed by atoms with Crippen LogP contribution in [0.2, 0.25) is 0 Å². The number of nitrogens with one attached hydrogen (secondary N) is 1. The fourth-order valence-electron chi connectivity index (χ4n) is 2.20. The van der Waals surface area contributed by atoms with E-state index in [-0.39, 0.29) is 0 Å². The Morgan fingerprint density at radius 2 is 2.47 bits per heavy atom. The first-order valence-corrected chi connectivity index (χ1v) is 5.99. The molecule has 84 valence electrons. The van der Waals surface area contributed by atoms with Gasteiger partial charge in [0.1, 0.15) is 0 Å². The van der Waals surface area contributed by atoms with E-state index < -0.39 is 0 Å². The summed E-state index contributed by atoms with van der Waals surface area (Å²) in [5.41, 5.74) is 1.37. The standard InChI is InChI=1S/C12H21N3/c1-10(2)8-15-9-11(7-14-15)6-12-4-3-5-13-12/h7,9-10,12-13H,3-6,8H2,1-2H3. The maximum absolute atomic E-state index is 4.39. The number of hydrogen-bond donors (Lipinski definition) is 1. The maximum Gasteiger partial charge on any atom is 0.0522 e. The quantitative estimate of drug-likeness (QED) is 0.816. The molecule has 1 aromatic heterocycles. The van der Waals surface area contributed by atoms with Crippen molar-refractivity contribution in [1.29, 1.82) is 0 Å². The molecule has 0 aromatic carbocycles. The Hall–Kier alpha value is -0.830. The first-order valence-electron chi connectivity index (χ1n) is 5.99. The minimum absolute atomic E-state index is 0.669. The fourth-order valence-corrected chi connectivity index (χ4v) is 2.20. The van der Waals surface area contributed by atoms with Gasteiger partial charge in [0.05, 0.1) is 6.20 Å². The van der Waals surface area contributed by atoms with Gasteiger partial charge in [-0.05, 0) is 37.3 Å². The van der Waals surface area contributed by atoms with Crippen molar-refractivity contribution in [2.24, 2.45) is 5.92 Å².